The van der Waals surface area contributed by atoms with Crippen molar-refractivity contribution in [1.82, 2.24) is 0 Å². The first-order valence-electron chi connectivity index (χ1n) is 9.85. The summed E-state index contributed by atoms with van der Waals surface area (Å²) in [5.74, 6) is 0.245. The van der Waals surface area contributed by atoms with Gasteiger partial charge in [-0.05, 0) is 74.3 Å². The van der Waals surface area contributed by atoms with Crippen LogP contribution in [0.2, 0.25) is 0 Å². The minimum Gasteiger partial charge on any atom is -0.359 e. The van der Waals surface area contributed by atoms with Gasteiger partial charge in [0.15, 0.2) is 0 Å². The van der Waals surface area contributed by atoms with Gasteiger partial charge < -0.3 is 10.2 Å². The zero-order valence-corrected chi connectivity index (χ0v) is 17.0. The van der Waals surface area contributed by atoms with E-state index in [-0.39, 0.29) is 24.3 Å². The van der Waals surface area contributed by atoms with E-state index in [1.807, 2.05) is 4.90 Å². The van der Waals surface area contributed by atoms with Gasteiger partial charge in [0.1, 0.15) is 16.9 Å². The van der Waals surface area contributed by atoms with Crippen LogP contribution in [0.15, 0.2) is 18.2 Å². The predicted octanol–water partition coefficient (Wildman–Crippen LogP) is 4.66. The molecular formula is C22H24FN3OS. The van der Waals surface area contributed by atoms with Gasteiger partial charge in [-0.3, -0.25) is 4.79 Å². The number of hydrogen-bond acceptors (Lipinski definition) is 4. The van der Waals surface area contributed by atoms with Crippen LogP contribution < -0.4 is 10.2 Å². The zero-order valence-electron chi connectivity index (χ0n) is 16.2. The zero-order chi connectivity index (χ0) is 19.8. The number of thiophene rings is 1. The van der Waals surface area contributed by atoms with Gasteiger partial charge in [0.25, 0.3) is 0 Å². The van der Waals surface area contributed by atoms with Gasteiger partial charge >= 0.3 is 0 Å². The van der Waals surface area contributed by atoms with E-state index < -0.39 is 0 Å². The number of carbonyl (C=O) groups excluding carboxylic acids is 1. The van der Waals surface area contributed by atoms with Crippen LogP contribution >= 0.6 is 11.3 Å². The third kappa shape index (κ3) is 3.51. The number of amides is 1. The van der Waals surface area contributed by atoms with E-state index in [1.165, 1.54) is 10.9 Å². The quantitative estimate of drug-likeness (QED) is 0.819. The van der Waals surface area contributed by atoms with Crippen molar-refractivity contribution in [1.29, 1.82) is 5.26 Å². The molecule has 2 unspecified atom stereocenters. The Hall–Kier alpha value is -2.39. The Labute approximate surface area is 169 Å². The highest BCUT2D eigenvalue weighted by Crippen LogP contribution is 2.39. The maximum absolute atomic E-state index is 13.6. The van der Waals surface area contributed by atoms with Crippen LogP contribution in [0.3, 0.4) is 0 Å². The van der Waals surface area contributed by atoms with Crippen molar-refractivity contribution in [3.05, 3.63) is 45.6 Å². The van der Waals surface area contributed by atoms with E-state index in [0.29, 0.717) is 16.5 Å². The number of hydrogen-bond donors (Lipinski definition) is 1. The average Bonchev–Trinajstić information content (AvgIpc) is 2.99. The van der Waals surface area contributed by atoms with Crippen LogP contribution in [-0.4, -0.2) is 18.5 Å². The second-order valence-corrected chi connectivity index (χ2v) is 9.11. The third-order valence-electron chi connectivity index (χ3n) is 5.90. The molecule has 0 radical (unpaired) electrons. The minimum atomic E-state index is -0.241. The van der Waals surface area contributed by atoms with E-state index in [0.717, 1.165) is 48.9 Å². The molecule has 2 aliphatic rings. The lowest BCUT2D eigenvalue weighted by molar-refractivity contribution is -0.115. The fourth-order valence-electron chi connectivity index (χ4n) is 4.31. The molecule has 28 heavy (non-hydrogen) atoms. The number of anilines is 2. The molecule has 1 aromatic carbocycles. The Kier molecular flexibility index (Phi) is 5.11. The van der Waals surface area contributed by atoms with Crippen molar-refractivity contribution in [2.75, 3.05) is 16.8 Å². The van der Waals surface area contributed by atoms with Gasteiger partial charge in [0.05, 0.1) is 12.1 Å². The van der Waals surface area contributed by atoms with Crippen molar-refractivity contribution in [2.45, 2.75) is 52.0 Å². The summed E-state index contributed by atoms with van der Waals surface area (Å²) < 4.78 is 13.6. The number of nitriles is 1. The van der Waals surface area contributed by atoms with Crippen LogP contribution in [-0.2, 0) is 24.1 Å². The number of nitrogens with one attached hydrogen (secondary N) is 1. The maximum Gasteiger partial charge on any atom is 0.244 e. The SMILES string of the molecule is CC1CCc2c(sc(NC(=O)CN3c4ccc(F)cc4CCC3C)c2C#N)C1. The molecule has 1 N–H and O–H groups in total. The Bertz CT molecular complexity index is 961. The van der Waals surface area contributed by atoms with Gasteiger partial charge in [-0.1, -0.05) is 6.92 Å². The van der Waals surface area contributed by atoms with Crippen molar-refractivity contribution >= 4 is 27.9 Å². The normalized spacial score (nSPS) is 20.9. The summed E-state index contributed by atoms with van der Waals surface area (Å²) >= 11 is 1.55. The topological polar surface area (TPSA) is 56.1 Å². The highest BCUT2D eigenvalue weighted by atomic mass is 32.1. The number of halogens is 1. The van der Waals surface area contributed by atoms with Gasteiger partial charge in [0, 0.05) is 16.6 Å². The molecule has 2 heterocycles. The molecule has 2 atom stereocenters. The summed E-state index contributed by atoms with van der Waals surface area (Å²) in [7, 11) is 0. The van der Waals surface area contributed by atoms with Crippen molar-refractivity contribution in [3.63, 3.8) is 0 Å². The smallest absolute Gasteiger partial charge is 0.244 e. The molecule has 2 aromatic rings. The van der Waals surface area contributed by atoms with Crippen molar-refractivity contribution in [3.8, 4) is 6.07 Å². The number of carbonyl (C=O) groups is 1. The van der Waals surface area contributed by atoms with Crippen LogP contribution in [0.25, 0.3) is 0 Å². The highest BCUT2D eigenvalue weighted by molar-refractivity contribution is 7.16. The molecule has 1 aromatic heterocycles. The first kappa shape index (κ1) is 18.9. The lowest BCUT2D eigenvalue weighted by Gasteiger charge is -2.36. The molecule has 4 nitrogen and oxygen atoms in total. The molecule has 0 bridgehead atoms. The van der Waals surface area contributed by atoms with Crippen LogP contribution in [0.4, 0.5) is 15.1 Å². The fraction of sp³-hybridized carbons (Fsp3) is 0.455. The Morgan fingerprint density at radius 3 is 2.96 bits per heavy atom. The predicted molar refractivity (Wildman–Crippen MR) is 110 cm³/mol. The van der Waals surface area contributed by atoms with Gasteiger partial charge in [0.2, 0.25) is 5.91 Å². The molecule has 146 valence electrons. The van der Waals surface area contributed by atoms with E-state index in [9.17, 15) is 14.4 Å². The van der Waals surface area contributed by atoms with E-state index in [2.05, 4.69) is 25.2 Å². The molecule has 1 aliphatic carbocycles. The molecular weight excluding hydrogens is 373 g/mol. The highest BCUT2D eigenvalue weighted by Gasteiger charge is 2.27. The van der Waals surface area contributed by atoms with Crippen LogP contribution in [0.5, 0.6) is 0 Å². The number of benzene rings is 1. The summed E-state index contributed by atoms with van der Waals surface area (Å²) in [6.07, 6.45) is 4.68. The summed E-state index contributed by atoms with van der Waals surface area (Å²) in [5, 5.41) is 13.3. The van der Waals surface area contributed by atoms with Crippen LogP contribution in [0.1, 0.15) is 48.3 Å². The van der Waals surface area contributed by atoms with Gasteiger partial charge in [-0.25, -0.2) is 4.39 Å². The molecule has 0 saturated heterocycles. The summed E-state index contributed by atoms with van der Waals surface area (Å²) in [6, 6.07) is 7.28. The number of fused-ring (bicyclic) bond motifs is 2. The largest absolute Gasteiger partial charge is 0.359 e. The van der Waals surface area contributed by atoms with Gasteiger partial charge in [-0.15, -0.1) is 11.3 Å². The molecule has 6 heteroatoms. The molecule has 1 aliphatic heterocycles. The first-order chi connectivity index (χ1) is 13.5. The summed E-state index contributed by atoms with van der Waals surface area (Å²) in [5.41, 5.74) is 3.63. The van der Waals surface area contributed by atoms with Crippen molar-refractivity contribution in [2.24, 2.45) is 5.92 Å². The lowest BCUT2D eigenvalue weighted by atomic mass is 9.89. The standard InChI is InChI=1S/C22H24FN3OS/c1-13-3-7-17-18(11-24)22(28-20(17)9-13)25-21(27)12-26-14(2)4-5-15-10-16(23)6-8-19(15)26/h6,8,10,13-14H,3-5,7,9,12H2,1-2H3,(H,25,27). The van der Waals surface area contributed by atoms with E-state index in [1.54, 1.807) is 23.5 Å². The number of aryl methyl sites for hydroxylation is 1. The number of nitrogens with zero attached hydrogens (tertiary/aromatic N) is 2. The lowest BCUT2D eigenvalue weighted by Crippen LogP contribution is -2.42. The maximum atomic E-state index is 13.6. The second-order valence-electron chi connectivity index (χ2n) is 8.00. The Morgan fingerprint density at radius 1 is 1.36 bits per heavy atom. The van der Waals surface area contributed by atoms with Crippen LogP contribution in [0, 0.1) is 23.1 Å². The van der Waals surface area contributed by atoms with E-state index >= 15 is 0 Å². The monoisotopic (exact) mass is 397 g/mol. The average molecular weight is 398 g/mol. The Morgan fingerprint density at radius 2 is 2.18 bits per heavy atom. The first-order valence-corrected chi connectivity index (χ1v) is 10.7. The molecule has 0 saturated carbocycles. The summed E-state index contributed by atoms with van der Waals surface area (Å²) in [6.45, 7) is 4.51. The third-order valence-corrected chi connectivity index (χ3v) is 7.07. The molecule has 0 spiro atoms. The van der Waals surface area contributed by atoms with Gasteiger partial charge in [-0.2, -0.15) is 5.26 Å². The molecule has 0 fully saturated rings. The van der Waals surface area contributed by atoms with Crippen molar-refractivity contribution < 1.29 is 9.18 Å². The molecule has 1 amide bonds. The molecule has 4 rings (SSSR count). The second kappa shape index (κ2) is 7.56. The minimum absolute atomic E-state index is 0.132. The Balaban J connectivity index is 1.54. The number of rotatable bonds is 3. The van der Waals surface area contributed by atoms with E-state index in [4.69, 9.17) is 0 Å². The fourth-order valence-corrected chi connectivity index (χ4v) is 5.69. The summed E-state index contributed by atoms with van der Waals surface area (Å²) in [4.78, 5) is 16.1.